The monoisotopic (exact) mass is 186 g/mol. The second kappa shape index (κ2) is 7.82. The summed E-state index contributed by atoms with van der Waals surface area (Å²) >= 11 is 0. The Kier molecular flexibility index (Phi) is 7.95. The molecule has 0 spiro atoms. The summed E-state index contributed by atoms with van der Waals surface area (Å²) in [6.45, 7) is 8.95. The Morgan fingerprint density at radius 2 is 2.33 bits per heavy atom. The summed E-state index contributed by atoms with van der Waals surface area (Å²) in [5.74, 6) is 0.841. The van der Waals surface area contributed by atoms with Crippen molar-refractivity contribution in [1.82, 2.24) is 0 Å². The van der Waals surface area contributed by atoms with Crippen LogP contribution in [0.3, 0.4) is 0 Å². The molecule has 70 valence electrons. The Balaban J connectivity index is 3.05. The van der Waals surface area contributed by atoms with Gasteiger partial charge in [0, 0.05) is 0 Å². The second-order valence-corrected chi connectivity index (χ2v) is 4.18. The zero-order chi connectivity index (χ0) is 9.40. The zero-order valence-corrected chi connectivity index (χ0v) is 9.46. The van der Waals surface area contributed by atoms with Crippen molar-refractivity contribution in [3.05, 3.63) is 11.9 Å². The molecule has 0 aliphatic heterocycles. The Labute approximate surface area is 79.4 Å². The van der Waals surface area contributed by atoms with Gasteiger partial charge >= 0.3 is 0 Å². The SMILES string of the molecule is C=C(P)COBCCC(C)CC. The third-order valence-electron chi connectivity index (χ3n) is 1.97. The minimum absolute atomic E-state index is 0.686. The number of hydrogen-bond acceptors (Lipinski definition) is 1. The molecule has 0 N–H and O–H groups in total. The van der Waals surface area contributed by atoms with Crippen LogP contribution in [0.2, 0.25) is 6.32 Å². The van der Waals surface area contributed by atoms with Crippen LogP contribution in [0, 0.1) is 5.92 Å². The fourth-order valence-corrected chi connectivity index (χ4v) is 1.06. The normalized spacial score (nSPS) is 12.6. The topological polar surface area (TPSA) is 9.23 Å². The lowest BCUT2D eigenvalue weighted by Gasteiger charge is -2.06. The van der Waals surface area contributed by atoms with Crippen molar-refractivity contribution in [3.63, 3.8) is 0 Å². The van der Waals surface area contributed by atoms with Crippen LogP contribution in [0.25, 0.3) is 0 Å². The highest BCUT2D eigenvalue weighted by Gasteiger charge is 1.99. The fraction of sp³-hybridized carbons (Fsp3) is 0.778. The van der Waals surface area contributed by atoms with E-state index in [0.29, 0.717) is 6.61 Å². The van der Waals surface area contributed by atoms with E-state index in [1.807, 2.05) is 0 Å². The van der Waals surface area contributed by atoms with Crippen LogP contribution in [0.1, 0.15) is 26.7 Å². The molecule has 0 fully saturated rings. The maximum Gasteiger partial charge on any atom is 0.275 e. The van der Waals surface area contributed by atoms with Gasteiger partial charge in [0.1, 0.15) is 0 Å². The average Bonchev–Trinajstić information content (AvgIpc) is 2.03. The maximum atomic E-state index is 5.37. The lowest BCUT2D eigenvalue weighted by Crippen LogP contribution is -2.02. The van der Waals surface area contributed by atoms with Gasteiger partial charge in [-0.1, -0.05) is 39.6 Å². The molecule has 0 bridgehead atoms. The third-order valence-corrected chi connectivity index (χ3v) is 2.14. The van der Waals surface area contributed by atoms with Gasteiger partial charge in [-0.2, -0.15) is 0 Å². The molecular formula is C9H20BOP. The van der Waals surface area contributed by atoms with Gasteiger partial charge in [0.25, 0.3) is 7.48 Å². The first kappa shape index (κ1) is 12.2. The van der Waals surface area contributed by atoms with Crippen molar-refractivity contribution in [2.24, 2.45) is 5.92 Å². The fourth-order valence-electron chi connectivity index (χ4n) is 0.941. The summed E-state index contributed by atoms with van der Waals surface area (Å²) in [6.07, 6.45) is 3.73. The standard InChI is InChI=1S/C9H20BOP/c1-4-8(2)5-6-10-11-7-9(3)12/h8,10H,3-7,12H2,1-2H3. The minimum atomic E-state index is 0.686. The zero-order valence-electron chi connectivity index (χ0n) is 8.31. The minimum Gasteiger partial charge on any atom is -0.435 e. The molecule has 2 atom stereocenters. The highest BCUT2D eigenvalue weighted by atomic mass is 31.0. The molecule has 2 unspecified atom stereocenters. The van der Waals surface area contributed by atoms with Crippen LogP contribution in [-0.2, 0) is 4.65 Å². The van der Waals surface area contributed by atoms with Gasteiger partial charge in [-0.25, -0.2) is 0 Å². The smallest absolute Gasteiger partial charge is 0.275 e. The van der Waals surface area contributed by atoms with Crippen LogP contribution >= 0.6 is 9.24 Å². The summed E-state index contributed by atoms with van der Waals surface area (Å²) in [6, 6.07) is 0. The highest BCUT2D eigenvalue weighted by Crippen LogP contribution is 2.09. The highest BCUT2D eigenvalue weighted by molar-refractivity contribution is 7.22. The molecular weight excluding hydrogens is 166 g/mol. The molecule has 0 radical (unpaired) electrons. The van der Waals surface area contributed by atoms with E-state index in [4.69, 9.17) is 4.65 Å². The molecule has 0 rings (SSSR count). The van der Waals surface area contributed by atoms with Gasteiger partial charge < -0.3 is 4.65 Å². The van der Waals surface area contributed by atoms with Crippen molar-refractivity contribution in [1.29, 1.82) is 0 Å². The van der Waals surface area contributed by atoms with Crippen molar-refractivity contribution in [3.8, 4) is 0 Å². The lowest BCUT2D eigenvalue weighted by molar-refractivity contribution is 0.377. The van der Waals surface area contributed by atoms with E-state index in [9.17, 15) is 0 Å². The van der Waals surface area contributed by atoms with Crippen LogP contribution < -0.4 is 0 Å². The van der Waals surface area contributed by atoms with Crippen LogP contribution in [0.4, 0.5) is 0 Å². The van der Waals surface area contributed by atoms with Gasteiger partial charge in [-0.05, 0) is 11.2 Å². The third kappa shape index (κ3) is 8.29. The molecule has 0 aromatic rings. The Hall–Kier alpha value is 0.195. The number of rotatable bonds is 7. The largest absolute Gasteiger partial charge is 0.435 e. The van der Waals surface area contributed by atoms with Crippen molar-refractivity contribution in [2.45, 2.75) is 33.0 Å². The Morgan fingerprint density at radius 3 is 2.83 bits per heavy atom. The maximum absolute atomic E-state index is 5.37. The Morgan fingerprint density at radius 1 is 1.67 bits per heavy atom. The van der Waals surface area contributed by atoms with Gasteiger partial charge in [-0.3, -0.25) is 0 Å². The predicted octanol–water partition coefficient (Wildman–Crippen LogP) is 2.60. The van der Waals surface area contributed by atoms with Gasteiger partial charge in [0.05, 0.1) is 6.61 Å². The van der Waals surface area contributed by atoms with Crippen molar-refractivity contribution in [2.75, 3.05) is 6.61 Å². The molecule has 0 aliphatic rings. The van der Waals surface area contributed by atoms with E-state index in [2.05, 4.69) is 29.7 Å². The van der Waals surface area contributed by atoms with Gasteiger partial charge in [-0.15, -0.1) is 9.24 Å². The molecule has 0 amide bonds. The van der Waals surface area contributed by atoms with E-state index in [1.165, 1.54) is 19.2 Å². The molecule has 0 aliphatic carbocycles. The number of hydrogen-bond donors (Lipinski definition) is 0. The second-order valence-electron chi connectivity index (χ2n) is 3.37. The van der Waals surface area contributed by atoms with Crippen LogP contribution in [0.15, 0.2) is 11.9 Å². The summed E-state index contributed by atoms with van der Waals surface area (Å²) in [7, 11) is 3.43. The lowest BCUT2D eigenvalue weighted by atomic mass is 9.87. The summed E-state index contributed by atoms with van der Waals surface area (Å²) in [5, 5.41) is 1.03. The summed E-state index contributed by atoms with van der Waals surface area (Å²) in [5.41, 5.74) is 0. The van der Waals surface area contributed by atoms with Gasteiger partial charge in [0.15, 0.2) is 0 Å². The quantitative estimate of drug-likeness (QED) is 0.337. The molecule has 1 nitrogen and oxygen atoms in total. The predicted molar refractivity (Wildman–Crippen MR) is 60.8 cm³/mol. The van der Waals surface area contributed by atoms with Crippen LogP contribution in [-0.4, -0.2) is 14.1 Å². The first-order valence-corrected chi connectivity index (χ1v) is 5.25. The van der Waals surface area contributed by atoms with Crippen molar-refractivity contribution >= 4 is 16.7 Å². The Bertz CT molecular complexity index is 128. The molecule has 0 saturated heterocycles. The van der Waals surface area contributed by atoms with Crippen LogP contribution in [0.5, 0.6) is 0 Å². The molecule has 0 aromatic heterocycles. The first-order chi connectivity index (χ1) is 5.66. The summed E-state index contributed by atoms with van der Waals surface area (Å²) in [4.78, 5) is 0. The first-order valence-electron chi connectivity index (χ1n) is 4.67. The van der Waals surface area contributed by atoms with E-state index in [-0.39, 0.29) is 0 Å². The van der Waals surface area contributed by atoms with Gasteiger partial charge in [0.2, 0.25) is 0 Å². The summed E-state index contributed by atoms with van der Waals surface area (Å²) < 4.78 is 5.37. The average molecular weight is 186 g/mol. The molecule has 3 heteroatoms. The molecule has 12 heavy (non-hydrogen) atoms. The van der Waals surface area contributed by atoms with E-state index >= 15 is 0 Å². The molecule has 0 aromatic carbocycles. The van der Waals surface area contributed by atoms with Crippen molar-refractivity contribution < 1.29 is 4.65 Å². The van der Waals surface area contributed by atoms with E-state index in [0.717, 1.165) is 18.7 Å². The molecule has 0 saturated carbocycles. The molecule has 0 heterocycles. The van der Waals surface area contributed by atoms with E-state index in [1.54, 1.807) is 0 Å². The van der Waals surface area contributed by atoms with E-state index < -0.39 is 0 Å².